The largest absolute Gasteiger partial charge is 0.384 e. The molecule has 1 saturated heterocycles. The number of carbonyl (C=O) groups excluding carboxylic acids is 2. The Morgan fingerprint density at radius 3 is 2.37 bits per heavy atom. The van der Waals surface area contributed by atoms with Gasteiger partial charge in [0.2, 0.25) is 0 Å². The Hall–Kier alpha value is -3.36. The van der Waals surface area contributed by atoms with Crippen LogP contribution in [-0.2, 0) is 13.6 Å². The zero-order valence-electron chi connectivity index (χ0n) is 21.6. The number of anilines is 2. The Bertz CT molecular complexity index is 1230. The zero-order valence-corrected chi connectivity index (χ0v) is 21.6. The summed E-state index contributed by atoms with van der Waals surface area (Å²) in [6.45, 7) is 11.6. The molecule has 1 fully saturated rings. The van der Waals surface area contributed by atoms with Gasteiger partial charge in [0.1, 0.15) is 11.4 Å². The van der Waals surface area contributed by atoms with E-state index in [-0.39, 0.29) is 29.8 Å². The molecule has 2 heterocycles. The van der Waals surface area contributed by atoms with Gasteiger partial charge in [0, 0.05) is 37.9 Å². The molecule has 3 rings (SSSR count). The number of hydrogen-bond donors (Lipinski definition) is 2. The van der Waals surface area contributed by atoms with Crippen molar-refractivity contribution in [1.82, 2.24) is 14.0 Å². The van der Waals surface area contributed by atoms with E-state index in [0.29, 0.717) is 29.6 Å². The maximum Gasteiger partial charge on any atom is 0.332 e. The summed E-state index contributed by atoms with van der Waals surface area (Å²) in [7, 11) is 1.34. The molecule has 1 aliphatic rings. The SMILES string of the molecule is Cc1ccc(C(=O)N2CC(C)CC(C)C2)cc1NCC(=O)c1c(N)n(CC(C)C)c(=O)n(C)c1=O. The number of hydrogen-bond acceptors (Lipinski definition) is 6. The monoisotopic (exact) mass is 483 g/mol. The molecule has 0 spiro atoms. The van der Waals surface area contributed by atoms with E-state index in [1.54, 1.807) is 12.1 Å². The highest BCUT2D eigenvalue weighted by Crippen LogP contribution is 2.24. The smallest absolute Gasteiger partial charge is 0.332 e. The third kappa shape index (κ3) is 5.66. The lowest BCUT2D eigenvalue weighted by molar-refractivity contribution is 0.0623. The number of aryl methyl sites for hydroxylation is 1. The van der Waals surface area contributed by atoms with Crippen molar-refractivity contribution < 1.29 is 9.59 Å². The van der Waals surface area contributed by atoms with Gasteiger partial charge in [-0.25, -0.2) is 4.79 Å². The second-order valence-corrected chi connectivity index (χ2v) is 10.4. The quantitative estimate of drug-likeness (QED) is 0.584. The van der Waals surface area contributed by atoms with Crippen molar-refractivity contribution in [3.63, 3.8) is 0 Å². The summed E-state index contributed by atoms with van der Waals surface area (Å²) < 4.78 is 2.18. The van der Waals surface area contributed by atoms with Gasteiger partial charge in [0.25, 0.3) is 11.5 Å². The normalized spacial score (nSPS) is 18.1. The Labute approximate surface area is 205 Å². The first kappa shape index (κ1) is 26.2. The highest BCUT2D eigenvalue weighted by Gasteiger charge is 2.27. The fraction of sp³-hybridized carbons (Fsp3) is 0.538. The molecule has 1 aromatic heterocycles. The number of ketones is 1. The van der Waals surface area contributed by atoms with E-state index >= 15 is 0 Å². The molecule has 0 saturated carbocycles. The third-order valence-electron chi connectivity index (χ3n) is 6.49. The average molecular weight is 484 g/mol. The molecule has 1 amide bonds. The Balaban J connectivity index is 1.83. The molecule has 0 aliphatic carbocycles. The number of nitrogens with one attached hydrogen (secondary N) is 1. The molecule has 2 aromatic rings. The Morgan fingerprint density at radius 2 is 1.77 bits per heavy atom. The van der Waals surface area contributed by atoms with E-state index in [4.69, 9.17) is 5.73 Å². The van der Waals surface area contributed by atoms with Crippen LogP contribution in [0.4, 0.5) is 11.5 Å². The van der Waals surface area contributed by atoms with Crippen molar-refractivity contribution in [1.29, 1.82) is 0 Å². The number of carbonyl (C=O) groups is 2. The predicted molar refractivity (Wildman–Crippen MR) is 138 cm³/mol. The van der Waals surface area contributed by atoms with E-state index in [2.05, 4.69) is 19.2 Å². The maximum absolute atomic E-state index is 13.1. The Morgan fingerprint density at radius 1 is 1.14 bits per heavy atom. The van der Waals surface area contributed by atoms with E-state index < -0.39 is 17.0 Å². The lowest BCUT2D eigenvalue weighted by atomic mass is 9.91. The fourth-order valence-corrected chi connectivity index (χ4v) is 4.81. The van der Waals surface area contributed by atoms with Crippen LogP contribution in [0.15, 0.2) is 27.8 Å². The molecule has 1 aliphatic heterocycles. The van der Waals surface area contributed by atoms with Crippen molar-refractivity contribution in [2.75, 3.05) is 30.7 Å². The summed E-state index contributed by atoms with van der Waals surface area (Å²) in [5.41, 5.74) is 6.70. The van der Waals surface area contributed by atoms with Gasteiger partial charge < -0.3 is 16.0 Å². The van der Waals surface area contributed by atoms with Crippen LogP contribution >= 0.6 is 0 Å². The molecule has 2 atom stereocenters. The molecule has 9 heteroatoms. The van der Waals surface area contributed by atoms with Crippen LogP contribution in [0.1, 0.15) is 60.4 Å². The second kappa shape index (κ2) is 10.5. The highest BCUT2D eigenvalue weighted by atomic mass is 16.2. The summed E-state index contributed by atoms with van der Waals surface area (Å²) in [6.07, 6.45) is 1.11. The summed E-state index contributed by atoms with van der Waals surface area (Å²) in [5.74, 6) is 0.341. The number of piperidine rings is 1. The van der Waals surface area contributed by atoms with Crippen LogP contribution in [0.2, 0.25) is 0 Å². The molecule has 190 valence electrons. The zero-order chi connectivity index (χ0) is 26.0. The molecular weight excluding hydrogens is 446 g/mol. The van der Waals surface area contributed by atoms with Gasteiger partial charge in [-0.15, -0.1) is 0 Å². The van der Waals surface area contributed by atoms with Crippen LogP contribution in [-0.4, -0.2) is 45.4 Å². The van der Waals surface area contributed by atoms with Gasteiger partial charge in [-0.05, 0) is 48.8 Å². The summed E-state index contributed by atoms with van der Waals surface area (Å²) >= 11 is 0. The minimum atomic E-state index is -0.715. The minimum Gasteiger partial charge on any atom is -0.384 e. The van der Waals surface area contributed by atoms with Gasteiger partial charge >= 0.3 is 5.69 Å². The number of nitrogens with zero attached hydrogens (tertiary/aromatic N) is 3. The third-order valence-corrected chi connectivity index (χ3v) is 6.49. The number of Topliss-reactive ketones (excluding diaryl/α,β-unsaturated/α-hetero) is 1. The number of rotatable bonds is 7. The second-order valence-electron chi connectivity index (χ2n) is 10.4. The van der Waals surface area contributed by atoms with Gasteiger partial charge in [-0.2, -0.15) is 0 Å². The van der Waals surface area contributed by atoms with Crippen LogP contribution in [0.3, 0.4) is 0 Å². The number of likely N-dealkylation sites (tertiary alicyclic amines) is 1. The Kier molecular flexibility index (Phi) is 7.87. The van der Waals surface area contributed by atoms with Gasteiger partial charge in [-0.3, -0.25) is 23.5 Å². The van der Waals surface area contributed by atoms with Crippen LogP contribution in [0.25, 0.3) is 0 Å². The molecule has 0 radical (unpaired) electrons. The first-order valence-corrected chi connectivity index (χ1v) is 12.2. The van der Waals surface area contributed by atoms with E-state index in [1.807, 2.05) is 31.7 Å². The summed E-state index contributed by atoms with van der Waals surface area (Å²) in [5, 5.41) is 3.06. The lowest BCUT2D eigenvalue weighted by Gasteiger charge is -2.35. The molecule has 0 bridgehead atoms. The summed E-state index contributed by atoms with van der Waals surface area (Å²) in [6, 6.07) is 5.38. The number of benzene rings is 1. The first-order chi connectivity index (χ1) is 16.4. The van der Waals surface area contributed by atoms with Crippen molar-refractivity contribution in [2.24, 2.45) is 24.8 Å². The van der Waals surface area contributed by atoms with Crippen LogP contribution in [0.5, 0.6) is 0 Å². The van der Waals surface area contributed by atoms with Gasteiger partial charge in [0.15, 0.2) is 5.78 Å². The summed E-state index contributed by atoms with van der Waals surface area (Å²) in [4.78, 5) is 53.3. The number of amides is 1. The van der Waals surface area contributed by atoms with E-state index in [0.717, 1.165) is 29.6 Å². The minimum absolute atomic E-state index is 0.0309. The molecule has 9 nitrogen and oxygen atoms in total. The predicted octanol–water partition coefficient (Wildman–Crippen LogP) is 2.51. The van der Waals surface area contributed by atoms with E-state index in [9.17, 15) is 19.2 Å². The van der Waals surface area contributed by atoms with Crippen molar-refractivity contribution in [2.45, 2.75) is 47.6 Å². The van der Waals surface area contributed by atoms with Gasteiger partial charge in [-0.1, -0.05) is 33.8 Å². The standard InChI is InChI=1S/C26H37N5O4/c1-15(2)12-31-23(27)22(25(34)29(6)26(31)35)21(32)11-28-20-10-19(8-7-18(20)5)24(33)30-13-16(3)9-17(4)14-30/h7-8,10,15-17,28H,9,11-14,27H2,1-6H3. The van der Waals surface area contributed by atoms with Crippen molar-refractivity contribution in [3.05, 3.63) is 55.7 Å². The number of aromatic nitrogens is 2. The molecule has 35 heavy (non-hydrogen) atoms. The molecule has 2 unspecified atom stereocenters. The topological polar surface area (TPSA) is 119 Å². The molecule has 3 N–H and O–H groups in total. The first-order valence-electron chi connectivity index (χ1n) is 12.2. The van der Waals surface area contributed by atoms with Crippen molar-refractivity contribution in [3.8, 4) is 0 Å². The van der Waals surface area contributed by atoms with Crippen LogP contribution in [0, 0.1) is 24.7 Å². The van der Waals surface area contributed by atoms with Crippen LogP contribution < -0.4 is 22.3 Å². The molecular formula is C26H37N5O4. The van der Waals surface area contributed by atoms with Crippen molar-refractivity contribution >= 4 is 23.2 Å². The average Bonchev–Trinajstić information content (AvgIpc) is 2.79. The lowest BCUT2D eigenvalue weighted by Crippen LogP contribution is -2.43. The highest BCUT2D eigenvalue weighted by molar-refractivity contribution is 6.02. The van der Waals surface area contributed by atoms with E-state index in [1.165, 1.54) is 11.6 Å². The number of nitrogens with two attached hydrogens (primary N) is 1. The fourth-order valence-electron chi connectivity index (χ4n) is 4.81. The maximum atomic E-state index is 13.1. The molecule has 1 aromatic carbocycles. The number of nitrogen functional groups attached to an aromatic ring is 1. The van der Waals surface area contributed by atoms with Gasteiger partial charge in [0.05, 0.1) is 6.54 Å².